The third-order valence-electron chi connectivity index (χ3n) is 1.94. The average molecular weight is 248 g/mol. The van der Waals surface area contributed by atoms with Gasteiger partial charge in [0, 0.05) is 6.04 Å². The Morgan fingerprint density at radius 3 is 2.06 bits per heavy atom. The molecule has 0 aliphatic carbocycles. The maximum Gasteiger partial charge on any atom is 0.291 e. The summed E-state index contributed by atoms with van der Waals surface area (Å²) in [6, 6.07) is 0.0370. The van der Waals surface area contributed by atoms with E-state index in [1.54, 1.807) is 0 Å². The van der Waals surface area contributed by atoms with Crippen LogP contribution in [0.25, 0.3) is 0 Å². The lowest BCUT2D eigenvalue weighted by Crippen LogP contribution is -2.49. The molecule has 1 unspecified atom stereocenters. The van der Waals surface area contributed by atoms with Crippen molar-refractivity contribution in [2.75, 3.05) is 0 Å². The highest BCUT2D eigenvalue weighted by molar-refractivity contribution is 5.94. The van der Waals surface area contributed by atoms with Gasteiger partial charge in [-0.1, -0.05) is 19.8 Å². The Bertz CT molecular complexity index is 252. The number of nitrogens with zero attached hydrogens (tertiary/aromatic N) is 2. The molecule has 17 heavy (non-hydrogen) atoms. The Labute approximate surface area is 99.5 Å². The van der Waals surface area contributed by atoms with Crippen LogP contribution in [-0.4, -0.2) is 33.2 Å². The molecule has 0 saturated carbocycles. The lowest BCUT2D eigenvalue weighted by molar-refractivity contribution is -0.742. The van der Waals surface area contributed by atoms with Crippen LogP contribution in [0.2, 0.25) is 0 Å². The second-order valence-electron chi connectivity index (χ2n) is 3.37. The Morgan fingerprint density at radius 1 is 1.47 bits per heavy atom. The number of hydrogen-bond donors (Lipinski definition) is 5. The van der Waals surface area contributed by atoms with Crippen molar-refractivity contribution < 1.29 is 10.3 Å². The molecule has 0 aromatic heterocycles. The number of hydrogen-bond acceptors (Lipinski definition) is 4. The maximum absolute atomic E-state index is 8.36. The smallest absolute Gasteiger partial charge is 0.291 e. The molecule has 0 saturated heterocycles. The van der Waals surface area contributed by atoms with Crippen molar-refractivity contribution in [2.24, 2.45) is 11.5 Å². The highest BCUT2D eigenvalue weighted by Crippen LogP contribution is 2.06. The standard InChI is InChI=1S/C8H19N5.HNO3/c1-3-4-5-6(2)13(7(9)10)8(11)12;2-1(3)4/h6H,3-5H2,1-2H3,(H3,9,10)(H3,11,12);(H,2,3,4). The van der Waals surface area contributed by atoms with E-state index in [4.69, 9.17) is 37.6 Å². The number of nitrogens with two attached hydrogens (primary N) is 2. The minimum atomic E-state index is -1.50. The SMILES string of the molecule is CCCCC(C)N(C(=N)N)C(=N)N.O=[N+]([O-])O. The summed E-state index contributed by atoms with van der Waals surface area (Å²) in [6.07, 6.45) is 3.04. The second-order valence-corrected chi connectivity index (χ2v) is 3.37. The molecule has 0 heterocycles. The largest absolute Gasteiger partial charge is 0.370 e. The summed E-state index contributed by atoms with van der Waals surface area (Å²) in [5, 5.41) is 28.1. The first-order valence-electron chi connectivity index (χ1n) is 5.04. The molecule has 9 nitrogen and oxygen atoms in total. The number of rotatable bonds is 4. The molecule has 0 aromatic rings. The van der Waals surface area contributed by atoms with E-state index in [-0.39, 0.29) is 18.0 Å². The molecule has 0 aliphatic rings. The van der Waals surface area contributed by atoms with Gasteiger partial charge >= 0.3 is 0 Å². The molecule has 1 atom stereocenters. The number of guanidine groups is 2. The average Bonchev–Trinajstić information content (AvgIpc) is 2.12. The van der Waals surface area contributed by atoms with Gasteiger partial charge in [-0.3, -0.25) is 15.7 Å². The van der Waals surface area contributed by atoms with Crippen molar-refractivity contribution in [3.63, 3.8) is 0 Å². The van der Waals surface area contributed by atoms with Crippen LogP contribution in [0, 0.1) is 20.9 Å². The van der Waals surface area contributed by atoms with Crippen molar-refractivity contribution in [2.45, 2.75) is 39.2 Å². The highest BCUT2D eigenvalue weighted by Gasteiger charge is 2.16. The van der Waals surface area contributed by atoms with Crippen LogP contribution in [0.5, 0.6) is 0 Å². The fraction of sp³-hybridized carbons (Fsp3) is 0.750. The molecule has 100 valence electrons. The first kappa shape index (κ1) is 17.3. The Morgan fingerprint density at radius 2 is 1.82 bits per heavy atom. The van der Waals surface area contributed by atoms with Crippen LogP contribution >= 0.6 is 0 Å². The van der Waals surface area contributed by atoms with E-state index in [0.717, 1.165) is 19.3 Å². The van der Waals surface area contributed by atoms with Crippen LogP contribution in [0.15, 0.2) is 0 Å². The van der Waals surface area contributed by atoms with E-state index in [1.165, 1.54) is 4.90 Å². The van der Waals surface area contributed by atoms with Crippen LogP contribution in [-0.2, 0) is 0 Å². The van der Waals surface area contributed by atoms with Gasteiger partial charge in [0.1, 0.15) is 0 Å². The fourth-order valence-corrected chi connectivity index (χ4v) is 1.23. The first-order valence-corrected chi connectivity index (χ1v) is 5.04. The minimum absolute atomic E-state index is 0.0370. The van der Waals surface area contributed by atoms with Crippen molar-refractivity contribution in [3.05, 3.63) is 10.1 Å². The van der Waals surface area contributed by atoms with E-state index in [0.29, 0.717) is 0 Å². The van der Waals surface area contributed by atoms with Gasteiger partial charge in [0.15, 0.2) is 11.9 Å². The molecule has 0 rings (SSSR count). The third kappa shape index (κ3) is 10.2. The molecule has 0 radical (unpaired) electrons. The summed E-state index contributed by atoms with van der Waals surface area (Å²) >= 11 is 0. The van der Waals surface area contributed by atoms with Gasteiger partial charge in [0.25, 0.3) is 5.09 Å². The highest BCUT2D eigenvalue weighted by atomic mass is 16.9. The predicted octanol–water partition coefficient (Wildman–Crippen LogP) is 0.306. The Hall–Kier alpha value is -2.06. The third-order valence-corrected chi connectivity index (χ3v) is 1.94. The molecule has 0 aliphatic heterocycles. The molecule has 0 spiro atoms. The molecule has 7 N–H and O–H groups in total. The predicted molar refractivity (Wildman–Crippen MR) is 63.4 cm³/mol. The number of nitrogens with one attached hydrogen (secondary N) is 2. The summed E-state index contributed by atoms with van der Waals surface area (Å²) in [4.78, 5) is 9.69. The summed E-state index contributed by atoms with van der Waals surface area (Å²) < 4.78 is 0. The topological polar surface area (TPSA) is 166 Å². The van der Waals surface area contributed by atoms with Crippen molar-refractivity contribution in [1.29, 1.82) is 10.8 Å². The Kier molecular flexibility index (Phi) is 9.37. The van der Waals surface area contributed by atoms with Gasteiger partial charge < -0.3 is 16.7 Å². The van der Waals surface area contributed by atoms with Crippen LogP contribution in [0.1, 0.15) is 33.1 Å². The van der Waals surface area contributed by atoms with Gasteiger partial charge in [-0.05, 0) is 13.3 Å². The zero-order valence-corrected chi connectivity index (χ0v) is 10.0. The lowest BCUT2D eigenvalue weighted by atomic mass is 10.1. The van der Waals surface area contributed by atoms with Gasteiger partial charge in [-0.25, -0.2) is 0 Å². The molecule has 0 amide bonds. The van der Waals surface area contributed by atoms with Crippen molar-refractivity contribution in [3.8, 4) is 0 Å². The van der Waals surface area contributed by atoms with Crippen LogP contribution in [0.3, 0.4) is 0 Å². The quantitative estimate of drug-likeness (QED) is 0.207. The Balaban J connectivity index is 0. The van der Waals surface area contributed by atoms with Gasteiger partial charge in [0.05, 0.1) is 0 Å². The molecule has 0 bridgehead atoms. The van der Waals surface area contributed by atoms with Crippen molar-refractivity contribution >= 4 is 11.9 Å². The van der Waals surface area contributed by atoms with E-state index in [1.807, 2.05) is 6.92 Å². The molecule has 9 heteroatoms. The zero-order chi connectivity index (χ0) is 14.0. The van der Waals surface area contributed by atoms with E-state index < -0.39 is 5.09 Å². The van der Waals surface area contributed by atoms with Gasteiger partial charge in [-0.2, -0.15) is 0 Å². The monoisotopic (exact) mass is 248 g/mol. The molecular formula is C8H20N6O3. The van der Waals surface area contributed by atoms with Gasteiger partial charge in [0.2, 0.25) is 0 Å². The lowest BCUT2D eigenvalue weighted by Gasteiger charge is -2.27. The fourth-order valence-electron chi connectivity index (χ4n) is 1.23. The van der Waals surface area contributed by atoms with Crippen LogP contribution < -0.4 is 11.5 Å². The zero-order valence-electron chi connectivity index (χ0n) is 10.0. The minimum Gasteiger partial charge on any atom is -0.370 e. The van der Waals surface area contributed by atoms with E-state index >= 15 is 0 Å². The second kappa shape index (κ2) is 9.19. The van der Waals surface area contributed by atoms with Crippen molar-refractivity contribution in [1.82, 2.24) is 4.90 Å². The summed E-state index contributed by atoms with van der Waals surface area (Å²) in [5.74, 6) is -0.313. The summed E-state index contributed by atoms with van der Waals surface area (Å²) in [6.45, 7) is 4.01. The summed E-state index contributed by atoms with van der Waals surface area (Å²) in [7, 11) is 0. The van der Waals surface area contributed by atoms with E-state index in [9.17, 15) is 0 Å². The molecule has 0 fully saturated rings. The van der Waals surface area contributed by atoms with Gasteiger partial charge in [-0.15, -0.1) is 10.1 Å². The summed E-state index contributed by atoms with van der Waals surface area (Å²) in [5.41, 5.74) is 10.6. The maximum atomic E-state index is 8.36. The molecular weight excluding hydrogens is 228 g/mol. The normalized spacial score (nSPS) is 10.7. The first-order chi connectivity index (χ1) is 7.73. The van der Waals surface area contributed by atoms with E-state index in [2.05, 4.69) is 6.92 Å². The number of unbranched alkanes of at least 4 members (excludes halogenated alkanes) is 1. The van der Waals surface area contributed by atoms with Crippen LogP contribution in [0.4, 0.5) is 0 Å². The molecule has 0 aromatic carbocycles.